The van der Waals surface area contributed by atoms with Crippen LogP contribution in [0.25, 0.3) is 0 Å². The molecule has 29 heavy (non-hydrogen) atoms. The summed E-state index contributed by atoms with van der Waals surface area (Å²) in [5, 5.41) is 5.55. The number of rotatable bonds is 6. The number of methoxy groups -OCH3 is 2. The van der Waals surface area contributed by atoms with Crippen LogP contribution < -0.4 is 20.1 Å². The zero-order valence-corrected chi connectivity index (χ0v) is 16.4. The van der Waals surface area contributed by atoms with Crippen molar-refractivity contribution in [2.75, 3.05) is 24.9 Å². The van der Waals surface area contributed by atoms with Crippen molar-refractivity contribution in [2.24, 2.45) is 0 Å². The molecule has 7 heteroatoms. The molecule has 2 aromatic carbocycles. The fourth-order valence-electron chi connectivity index (χ4n) is 2.69. The van der Waals surface area contributed by atoms with Crippen LogP contribution in [-0.2, 0) is 0 Å². The largest absolute Gasteiger partial charge is 0.497 e. The van der Waals surface area contributed by atoms with Crippen molar-refractivity contribution in [1.82, 2.24) is 4.98 Å². The lowest BCUT2D eigenvalue weighted by molar-refractivity contribution is 0.101. The minimum absolute atomic E-state index is 0.104. The van der Waals surface area contributed by atoms with Gasteiger partial charge in [0.2, 0.25) is 0 Å². The summed E-state index contributed by atoms with van der Waals surface area (Å²) in [5.41, 5.74) is 2.30. The van der Waals surface area contributed by atoms with Gasteiger partial charge in [-0.3, -0.25) is 9.59 Å². The van der Waals surface area contributed by atoms with Gasteiger partial charge in [0, 0.05) is 11.8 Å². The first-order valence-corrected chi connectivity index (χ1v) is 8.89. The molecule has 7 nitrogen and oxygen atoms in total. The number of amides is 2. The van der Waals surface area contributed by atoms with Crippen molar-refractivity contribution in [2.45, 2.75) is 6.92 Å². The summed E-state index contributed by atoms with van der Waals surface area (Å²) in [7, 11) is 3.04. The number of hydrogen-bond acceptors (Lipinski definition) is 5. The fourth-order valence-corrected chi connectivity index (χ4v) is 2.69. The zero-order valence-electron chi connectivity index (χ0n) is 16.4. The number of benzene rings is 2. The van der Waals surface area contributed by atoms with E-state index in [0.717, 1.165) is 5.56 Å². The predicted molar refractivity (Wildman–Crippen MR) is 111 cm³/mol. The monoisotopic (exact) mass is 391 g/mol. The van der Waals surface area contributed by atoms with Crippen molar-refractivity contribution in [1.29, 1.82) is 0 Å². The van der Waals surface area contributed by atoms with E-state index in [1.165, 1.54) is 20.3 Å². The second-order valence-electron chi connectivity index (χ2n) is 6.20. The Morgan fingerprint density at radius 1 is 0.793 bits per heavy atom. The van der Waals surface area contributed by atoms with Gasteiger partial charge in [-0.25, -0.2) is 4.98 Å². The van der Waals surface area contributed by atoms with E-state index >= 15 is 0 Å². The third kappa shape index (κ3) is 4.70. The number of aromatic nitrogens is 1. The van der Waals surface area contributed by atoms with Crippen LogP contribution in [0.4, 0.5) is 11.4 Å². The van der Waals surface area contributed by atoms with E-state index in [1.807, 2.05) is 25.1 Å². The average Bonchev–Trinajstić information content (AvgIpc) is 2.75. The molecule has 3 aromatic rings. The number of nitrogens with one attached hydrogen (secondary N) is 2. The highest BCUT2D eigenvalue weighted by molar-refractivity contribution is 6.06. The smallest absolute Gasteiger partial charge is 0.274 e. The second kappa shape index (κ2) is 8.88. The van der Waals surface area contributed by atoms with E-state index in [0.29, 0.717) is 22.9 Å². The Morgan fingerprint density at radius 2 is 1.45 bits per heavy atom. The number of carbonyl (C=O) groups is 2. The fraction of sp³-hybridized carbons (Fsp3) is 0.136. The van der Waals surface area contributed by atoms with Crippen molar-refractivity contribution in [3.8, 4) is 11.5 Å². The lowest BCUT2D eigenvalue weighted by atomic mass is 10.2. The minimum Gasteiger partial charge on any atom is -0.497 e. The number of anilines is 2. The number of ether oxygens (including phenoxy) is 2. The van der Waals surface area contributed by atoms with Gasteiger partial charge in [0.05, 0.1) is 19.9 Å². The molecule has 0 atom stereocenters. The molecule has 2 N–H and O–H groups in total. The van der Waals surface area contributed by atoms with Crippen LogP contribution in [0.2, 0.25) is 0 Å². The van der Waals surface area contributed by atoms with E-state index in [2.05, 4.69) is 15.6 Å². The van der Waals surface area contributed by atoms with Crippen LogP contribution in [0.3, 0.4) is 0 Å². The van der Waals surface area contributed by atoms with Crippen molar-refractivity contribution < 1.29 is 19.1 Å². The maximum atomic E-state index is 12.7. The summed E-state index contributed by atoms with van der Waals surface area (Å²) in [6.07, 6.45) is 0. The van der Waals surface area contributed by atoms with Gasteiger partial charge in [-0.1, -0.05) is 24.3 Å². The molecule has 0 spiro atoms. The Balaban J connectivity index is 1.79. The summed E-state index contributed by atoms with van der Waals surface area (Å²) in [6.45, 7) is 1.90. The Morgan fingerprint density at radius 3 is 2.07 bits per heavy atom. The molecule has 0 aliphatic carbocycles. The van der Waals surface area contributed by atoms with Crippen LogP contribution >= 0.6 is 0 Å². The normalized spacial score (nSPS) is 10.2. The molecule has 0 aliphatic heterocycles. The first-order chi connectivity index (χ1) is 14.0. The first kappa shape index (κ1) is 19.9. The number of hydrogen-bond donors (Lipinski definition) is 2. The molecule has 3 rings (SSSR count). The third-order valence-corrected chi connectivity index (χ3v) is 4.26. The molecule has 2 amide bonds. The van der Waals surface area contributed by atoms with Gasteiger partial charge in [0.1, 0.15) is 22.9 Å². The van der Waals surface area contributed by atoms with Crippen molar-refractivity contribution in [3.05, 3.63) is 77.6 Å². The van der Waals surface area contributed by atoms with Gasteiger partial charge in [0.15, 0.2) is 0 Å². The van der Waals surface area contributed by atoms with Crippen LogP contribution in [0.15, 0.2) is 60.7 Å². The van der Waals surface area contributed by atoms with Crippen LogP contribution in [-0.4, -0.2) is 31.0 Å². The van der Waals surface area contributed by atoms with E-state index in [-0.39, 0.29) is 11.4 Å². The quantitative estimate of drug-likeness (QED) is 0.665. The van der Waals surface area contributed by atoms with Gasteiger partial charge in [-0.05, 0) is 42.8 Å². The van der Waals surface area contributed by atoms with Gasteiger partial charge in [-0.15, -0.1) is 0 Å². The summed E-state index contributed by atoms with van der Waals surface area (Å²) in [6, 6.07) is 17.2. The van der Waals surface area contributed by atoms with E-state index in [1.54, 1.807) is 36.4 Å². The third-order valence-electron chi connectivity index (χ3n) is 4.26. The molecule has 0 bridgehead atoms. The molecule has 1 heterocycles. The van der Waals surface area contributed by atoms with E-state index in [4.69, 9.17) is 9.47 Å². The number of carbonyl (C=O) groups excluding carboxylic acids is 2. The summed E-state index contributed by atoms with van der Waals surface area (Å²) >= 11 is 0. The van der Waals surface area contributed by atoms with E-state index in [9.17, 15) is 9.59 Å². The molecule has 0 fully saturated rings. The van der Waals surface area contributed by atoms with Gasteiger partial charge < -0.3 is 20.1 Å². The highest BCUT2D eigenvalue weighted by Gasteiger charge is 2.15. The summed E-state index contributed by atoms with van der Waals surface area (Å²) < 4.78 is 10.4. The van der Waals surface area contributed by atoms with Crippen LogP contribution in [0.1, 0.15) is 26.5 Å². The Kier molecular flexibility index (Phi) is 6.09. The minimum atomic E-state index is -0.470. The van der Waals surface area contributed by atoms with Crippen LogP contribution in [0.5, 0.6) is 11.5 Å². The standard InChI is InChI=1S/C22H21N3O4/c1-14-7-4-5-8-16(14)24-21(26)17-9-6-10-18(23-17)22(27)25-19-13-15(28-2)11-12-20(19)29-3/h4-13H,1-3H3,(H,24,26)(H,25,27). The van der Waals surface area contributed by atoms with Crippen molar-refractivity contribution in [3.63, 3.8) is 0 Å². The Labute approximate surface area is 168 Å². The Hall–Kier alpha value is -3.87. The molecule has 0 saturated carbocycles. The number of pyridine rings is 1. The molecular formula is C22H21N3O4. The SMILES string of the molecule is COc1ccc(OC)c(NC(=O)c2cccc(C(=O)Nc3ccccc3C)n2)c1. The Bertz CT molecular complexity index is 1050. The highest BCUT2D eigenvalue weighted by atomic mass is 16.5. The molecule has 0 aliphatic rings. The van der Waals surface area contributed by atoms with Gasteiger partial charge in [0.25, 0.3) is 11.8 Å². The molecular weight excluding hydrogens is 370 g/mol. The number of nitrogens with zero attached hydrogens (tertiary/aromatic N) is 1. The first-order valence-electron chi connectivity index (χ1n) is 8.89. The molecule has 0 unspecified atom stereocenters. The lowest BCUT2D eigenvalue weighted by Crippen LogP contribution is -2.19. The topological polar surface area (TPSA) is 89.5 Å². The number of aryl methyl sites for hydroxylation is 1. The average molecular weight is 391 g/mol. The summed E-state index contributed by atoms with van der Waals surface area (Å²) in [5.74, 6) is 0.183. The van der Waals surface area contributed by atoms with Gasteiger partial charge >= 0.3 is 0 Å². The zero-order chi connectivity index (χ0) is 20.8. The molecule has 0 saturated heterocycles. The number of para-hydroxylation sites is 1. The molecule has 0 radical (unpaired) electrons. The van der Waals surface area contributed by atoms with Crippen LogP contribution in [0, 0.1) is 6.92 Å². The summed E-state index contributed by atoms with van der Waals surface area (Å²) in [4.78, 5) is 29.4. The van der Waals surface area contributed by atoms with Gasteiger partial charge in [-0.2, -0.15) is 0 Å². The lowest BCUT2D eigenvalue weighted by Gasteiger charge is -2.12. The highest BCUT2D eigenvalue weighted by Crippen LogP contribution is 2.29. The van der Waals surface area contributed by atoms with E-state index < -0.39 is 11.8 Å². The maximum absolute atomic E-state index is 12.7. The molecule has 148 valence electrons. The van der Waals surface area contributed by atoms with Crippen molar-refractivity contribution >= 4 is 23.2 Å². The molecule has 1 aromatic heterocycles. The maximum Gasteiger partial charge on any atom is 0.274 e. The predicted octanol–water partition coefficient (Wildman–Crippen LogP) is 3.91. The second-order valence-corrected chi connectivity index (χ2v) is 6.20.